The number of hydrogen-bond donors (Lipinski definition) is 1. The molecule has 3 aromatic rings. The van der Waals surface area contributed by atoms with Gasteiger partial charge in [0.05, 0.1) is 12.8 Å². The topological polar surface area (TPSA) is 89.9 Å². The number of aryl methyl sites for hydroxylation is 2. The molecule has 9 heteroatoms. The minimum atomic E-state index is -3.35. The van der Waals surface area contributed by atoms with E-state index in [-0.39, 0.29) is 12.3 Å². The SMILES string of the molecule is CCn1ccnc1-c1n(CC)cc[n+]1CC(=O)c1ccc(NS(C)(=O)=O)cc1. The minimum absolute atomic E-state index is 0.0689. The van der Waals surface area contributed by atoms with Crippen LogP contribution in [0.5, 0.6) is 0 Å². The van der Waals surface area contributed by atoms with E-state index >= 15 is 0 Å². The number of carbonyl (C=O) groups is 1. The van der Waals surface area contributed by atoms with Crippen molar-refractivity contribution in [1.82, 2.24) is 14.1 Å². The second-order valence-electron chi connectivity index (χ2n) is 6.45. The fourth-order valence-electron chi connectivity index (χ4n) is 3.06. The molecule has 0 spiro atoms. The molecule has 1 aromatic carbocycles. The predicted octanol–water partition coefficient (Wildman–Crippen LogP) is 1.93. The number of rotatable bonds is 8. The van der Waals surface area contributed by atoms with Crippen LogP contribution in [-0.4, -0.2) is 34.6 Å². The molecule has 1 N–H and O–H groups in total. The third-order valence-electron chi connectivity index (χ3n) is 4.39. The van der Waals surface area contributed by atoms with E-state index in [0.29, 0.717) is 11.3 Å². The van der Waals surface area contributed by atoms with Crippen molar-refractivity contribution in [3.05, 3.63) is 54.6 Å². The van der Waals surface area contributed by atoms with E-state index in [1.165, 1.54) is 0 Å². The number of anilines is 1. The average molecular weight is 403 g/mol. The molecule has 0 fully saturated rings. The number of benzene rings is 1. The highest BCUT2D eigenvalue weighted by Crippen LogP contribution is 2.16. The summed E-state index contributed by atoms with van der Waals surface area (Å²) in [4.78, 5) is 17.3. The van der Waals surface area contributed by atoms with Crippen LogP contribution in [-0.2, 0) is 29.7 Å². The Balaban J connectivity index is 1.86. The lowest BCUT2D eigenvalue weighted by molar-refractivity contribution is -0.671. The van der Waals surface area contributed by atoms with Crippen molar-refractivity contribution in [2.24, 2.45) is 0 Å². The van der Waals surface area contributed by atoms with Crippen molar-refractivity contribution in [1.29, 1.82) is 0 Å². The zero-order chi connectivity index (χ0) is 20.3. The third-order valence-corrected chi connectivity index (χ3v) is 5.00. The monoisotopic (exact) mass is 402 g/mol. The van der Waals surface area contributed by atoms with Crippen molar-refractivity contribution < 1.29 is 17.8 Å². The van der Waals surface area contributed by atoms with Gasteiger partial charge in [-0.25, -0.2) is 22.5 Å². The zero-order valence-corrected chi connectivity index (χ0v) is 17.0. The molecule has 2 aromatic heterocycles. The summed E-state index contributed by atoms with van der Waals surface area (Å²) >= 11 is 0. The summed E-state index contributed by atoms with van der Waals surface area (Å²) < 4.78 is 31.0. The summed E-state index contributed by atoms with van der Waals surface area (Å²) in [6, 6.07) is 6.42. The van der Waals surface area contributed by atoms with Crippen LogP contribution in [0.4, 0.5) is 5.69 Å². The molecule has 3 rings (SSSR count). The van der Waals surface area contributed by atoms with Crippen LogP contribution in [0.3, 0.4) is 0 Å². The van der Waals surface area contributed by atoms with Crippen molar-refractivity contribution in [2.45, 2.75) is 33.5 Å². The molecule has 0 saturated carbocycles. The maximum absolute atomic E-state index is 12.8. The Morgan fingerprint density at radius 2 is 1.79 bits per heavy atom. The van der Waals surface area contributed by atoms with Gasteiger partial charge in [-0.05, 0) is 38.1 Å². The van der Waals surface area contributed by atoms with Crippen LogP contribution in [0.2, 0.25) is 0 Å². The maximum atomic E-state index is 12.8. The Labute approximate surface area is 164 Å². The molecule has 0 amide bonds. The van der Waals surface area contributed by atoms with Crippen molar-refractivity contribution >= 4 is 21.5 Å². The summed E-state index contributed by atoms with van der Waals surface area (Å²) in [5, 5.41) is 0. The molecule has 0 aliphatic rings. The van der Waals surface area contributed by atoms with E-state index in [0.717, 1.165) is 31.0 Å². The zero-order valence-electron chi connectivity index (χ0n) is 16.2. The summed E-state index contributed by atoms with van der Waals surface area (Å²) in [6.45, 7) is 5.80. The van der Waals surface area contributed by atoms with Crippen LogP contribution in [0, 0.1) is 0 Å². The molecule has 2 heterocycles. The molecule has 8 nitrogen and oxygen atoms in total. The molecule has 0 bridgehead atoms. The van der Waals surface area contributed by atoms with Crippen LogP contribution >= 0.6 is 0 Å². The number of nitrogens with one attached hydrogen (secondary N) is 1. The molecule has 0 saturated heterocycles. The molecule has 0 aliphatic heterocycles. The molecular weight excluding hydrogens is 378 g/mol. The molecule has 0 aliphatic carbocycles. The van der Waals surface area contributed by atoms with E-state index in [9.17, 15) is 13.2 Å². The lowest BCUT2D eigenvalue weighted by Crippen LogP contribution is -2.39. The van der Waals surface area contributed by atoms with Gasteiger partial charge in [-0.15, -0.1) is 0 Å². The number of imidazole rings is 2. The average Bonchev–Trinajstić information content (AvgIpc) is 3.26. The van der Waals surface area contributed by atoms with Gasteiger partial charge in [-0.3, -0.25) is 9.52 Å². The summed E-state index contributed by atoms with van der Waals surface area (Å²) in [7, 11) is -3.35. The second kappa shape index (κ2) is 7.97. The highest BCUT2D eigenvalue weighted by atomic mass is 32.2. The van der Waals surface area contributed by atoms with E-state index in [1.807, 2.05) is 41.6 Å². The molecular formula is C19H24N5O3S+. The van der Waals surface area contributed by atoms with Gasteiger partial charge < -0.3 is 4.57 Å². The van der Waals surface area contributed by atoms with E-state index < -0.39 is 10.0 Å². The quantitative estimate of drug-likeness (QED) is 0.461. The fraction of sp³-hybridized carbons (Fsp3) is 0.316. The Hall–Kier alpha value is -2.94. The number of sulfonamides is 1. The van der Waals surface area contributed by atoms with Gasteiger partial charge in [-0.1, -0.05) is 0 Å². The number of Topliss-reactive ketones (excluding diaryl/α,β-unsaturated/α-hetero) is 1. The van der Waals surface area contributed by atoms with Gasteiger partial charge in [0.2, 0.25) is 21.6 Å². The van der Waals surface area contributed by atoms with Gasteiger partial charge in [-0.2, -0.15) is 0 Å². The Morgan fingerprint density at radius 3 is 2.39 bits per heavy atom. The first-order chi connectivity index (χ1) is 13.3. The largest absolute Gasteiger partial charge is 0.325 e. The van der Waals surface area contributed by atoms with E-state index in [2.05, 4.69) is 14.3 Å². The molecule has 0 atom stereocenters. The fourth-order valence-corrected chi connectivity index (χ4v) is 3.63. The molecule has 148 valence electrons. The lowest BCUT2D eigenvalue weighted by atomic mass is 10.1. The van der Waals surface area contributed by atoms with Crippen LogP contribution in [0.1, 0.15) is 24.2 Å². The summed E-state index contributed by atoms with van der Waals surface area (Å²) in [5.41, 5.74) is 0.940. The molecule has 0 radical (unpaired) electrons. The number of ketones is 1. The first-order valence-electron chi connectivity index (χ1n) is 9.03. The highest BCUT2D eigenvalue weighted by Gasteiger charge is 2.25. The first-order valence-corrected chi connectivity index (χ1v) is 10.9. The third kappa shape index (κ3) is 4.30. The van der Waals surface area contributed by atoms with Gasteiger partial charge in [0.25, 0.3) is 0 Å². The maximum Gasteiger partial charge on any atom is 0.325 e. The summed E-state index contributed by atoms with van der Waals surface area (Å²) in [5.74, 6) is 1.62. The first kappa shape index (κ1) is 19.8. The van der Waals surface area contributed by atoms with Crippen LogP contribution in [0.25, 0.3) is 11.6 Å². The summed E-state index contributed by atoms with van der Waals surface area (Å²) in [6.07, 6.45) is 8.58. The molecule has 0 unspecified atom stereocenters. The van der Waals surface area contributed by atoms with Crippen molar-refractivity contribution in [3.63, 3.8) is 0 Å². The predicted molar refractivity (Wildman–Crippen MR) is 106 cm³/mol. The van der Waals surface area contributed by atoms with Gasteiger partial charge in [0, 0.05) is 30.2 Å². The smallest absolute Gasteiger partial charge is 0.325 e. The van der Waals surface area contributed by atoms with E-state index in [4.69, 9.17) is 0 Å². The number of aromatic nitrogens is 4. The van der Waals surface area contributed by atoms with Gasteiger partial charge in [0.15, 0.2) is 6.54 Å². The van der Waals surface area contributed by atoms with Crippen LogP contribution < -0.4 is 9.29 Å². The highest BCUT2D eigenvalue weighted by molar-refractivity contribution is 7.92. The van der Waals surface area contributed by atoms with E-state index in [1.54, 1.807) is 30.5 Å². The normalized spacial score (nSPS) is 11.5. The Kier molecular flexibility index (Phi) is 5.64. The standard InChI is InChI=1S/C19H23N5O3S/c1-4-22-11-10-20-18(22)19-23(5-2)12-13-24(19)14-17(25)15-6-8-16(9-7-15)21-28(3,26)27/h6-13H,4-5,14H2,1-3H3/p+1. The minimum Gasteiger partial charge on any atom is -0.325 e. The van der Waals surface area contributed by atoms with Gasteiger partial charge in [0.1, 0.15) is 12.4 Å². The number of nitrogens with zero attached hydrogens (tertiary/aromatic N) is 4. The van der Waals surface area contributed by atoms with Crippen molar-refractivity contribution in [2.75, 3.05) is 11.0 Å². The molecule has 28 heavy (non-hydrogen) atoms. The van der Waals surface area contributed by atoms with Crippen molar-refractivity contribution in [3.8, 4) is 11.6 Å². The second-order valence-corrected chi connectivity index (χ2v) is 8.20. The van der Waals surface area contributed by atoms with Crippen LogP contribution in [0.15, 0.2) is 49.1 Å². The Bertz CT molecular complexity index is 1080. The Morgan fingerprint density at radius 1 is 1.11 bits per heavy atom. The number of carbonyl (C=O) groups excluding carboxylic acids is 1. The van der Waals surface area contributed by atoms with Gasteiger partial charge >= 0.3 is 5.82 Å². The number of hydrogen-bond acceptors (Lipinski definition) is 4. The lowest BCUT2D eigenvalue weighted by Gasteiger charge is -2.07.